The van der Waals surface area contributed by atoms with Gasteiger partial charge in [0.1, 0.15) is 5.82 Å². The Hall–Kier alpha value is -1.02. The summed E-state index contributed by atoms with van der Waals surface area (Å²) in [5.74, 6) is -0.480. The predicted molar refractivity (Wildman–Crippen MR) is 74.3 cm³/mol. The predicted octanol–water partition coefficient (Wildman–Crippen LogP) is 0.576. The summed E-state index contributed by atoms with van der Waals surface area (Å²) in [5.41, 5.74) is 0.586. The van der Waals surface area contributed by atoms with Crippen molar-refractivity contribution in [3.8, 4) is 0 Å². The molecule has 1 saturated heterocycles. The van der Waals surface area contributed by atoms with Crippen LogP contribution in [-0.2, 0) is 20.5 Å². The van der Waals surface area contributed by atoms with Crippen LogP contribution >= 0.6 is 0 Å². The number of nitrogens with zero attached hydrogens (tertiary/aromatic N) is 1. The molecule has 0 spiro atoms. The average molecular weight is 302 g/mol. The standard InChI is InChI=1S/C13H19FN2O3S/c1-15-8-13-9-16(6-7-19-13)20(17,18)10-11-2-4-12(14)5-3-11/h2-5,13,15H,6-10H2,1H3. The molecule has 0 aliphatic carbocycles. The second-order valence-corrected chi connectivity index (χ2v) is 6.76. The molecule has 1 aromatic rings. The number of nitrogens with one attached hydrogen (secondary N) is 1. The highest BCUT2D eigenvalue weighted by Crippen LogP contribution is 2.15. The lowest BCUT2D eigenvalue weighted by molar-refractivity contribution is 0.000777. The van der Waals surface area contributed by atoms with Crippen LogP contribution in [0.2, 0.25) is 0 Å². The number of likely N-dealkylation sites (N-methyl/N-ethyl adjacent to an activating group) is 1. The molecule has 1 unspecified atom stereocenters. The molecular formula is C13H19FN2O3S. The summed E-state index contributed by atoms with van der Waals surface area (Å²) in [5, 5.41) is 2.98. The van der Waals surface area contributed by atoms with Crippen molar-refractivity contribution in [3.05, 3.63) is 35.6 Å². The fraction of sp³-hybridized carbons (Fsp3) is 0.538. The van der Waals surface area contributed by atoms with Crippen molar-refractivity contribution in [2.75, 3.05) is 33.3 Å². The van der Waals surface area contributed by atoms with Gasteiger partial charge in [-0.15, -0.1) is 0 Å². The second-order valence-electron chi connectivity index (χ2n) is 4.79. The summed E-state index contributed by atoms with van der Waals surface area (Å²) in [6.07, 6.45) is -0.128. The molecule has 0 bridgehead atoms. The van der Waals surface area contributed by atoms with Crippen LogP contribution in [0.4, 0.5) is 4.39 Å². The highest BCUT2D eigenvalue weighted by atomic mass is 32.2. The number of rotatable bonds is 5. The van der Waals surface area contributed by atoms with Gasteiger partial charge in [0.15, 0.2) is 0 Å². The van der Waals surface area contributed by atoms with Crippen LogP contribution in [0.3, 0.4) is 0 Å². The van der Waals surface area contributed by atoms with Crippen molar-refractivity contribution in [2.45, 2.75) is 11.9 Å². The fourth-order valence-corrected chi connectivity index (χ4v) is 3.72. The van der Waals surface area contributed by atoms with E-state index in [9.17, 15) is 12.8 Å². The maximum atomic E-state index is 12.8. The Morgan fingerprint density at radius 2 is 2.10 bits per heavy atom. The van der Waals surface area contributed by atoms with Crippen LogP contribution in [0.5, 0.6) is 0 Å². The molecule has 112 valence electrons. The normalized spacial score (nSPS) is 21.0. The maximum absolute atomic E-state index is 12.8. The highest BCUT2D eigenvalue weighted by molar-refractivity contribution is 7.88. The van der Waals surface area contributed by atoms with Gasteiger partial charge in [0, 0.05) is 19.6 Å². The summed E-state index contributed by atoms with van der Waals surface area (Å²) < 4.78 is 44.5. The van der Waals surface area contributed by atoms with Gasteiger partial charge in [0.2, 0.25) is 10.0 Å². The molecule has 0 radical (unpaired) electrons. The molecular weight excluding hydrogens is 283 g/mol. The number of hydrogen-bond acceptors (Lipinski definition) is 4. The SMILES string of the molecule is CNCC1CN(S(=O)(=O)Cc2ccc(F)cc2)CCO1. The molecule has 20 heavy (non-hydrogen) atoms. The third kappa shape index (κ3) is 3.99. The monoisotopic (exact) mass is 302 g/mol. The number of halogens is 1. The first-order valence-corrected chi connectivity index (χ1v) is 8.10. The molecule has 1 heterocycles. The molecule has 5 nitrogen and oxygen atoms in total. The summed E-state index contributed by atoms with van der Waals surface area (Å²) in [4.78, 5) is 0. The van der Waals surface area contributed by atoms with E-state index in [0.29, 0.717) is 31.8 Å². The van der Waals surface area contributed by atoms with Gasteiger partial charge in [-0.1, -0.05) is 12.1 Å². The lowest BCUT2D eigenvalue weighted by Gasteiger charge is -2.32. The first kappa shape index (κ1) is 15.4. The molecule has 1 aliphatic rings. The Morgan fingerprint density at radius 3 is 2.75 bits per heavy atom. The van der Waals surface area contributed by atoms with E-state index < -0.39 is 10.0 Å². The quantitative estimate of drug-likeness (QED) is 0.864. The molecule has 1 aromatic carbocycles. The van der Waals surface area contributed by atoms with Gasteiger partial charge in [-0.25, -0.2) is 12.8 Å². The number of sulfonamides is 1. The first-order chi connectivity index (χ1) is 9.51. The van der Waals surface area contributed by atoms with E-state index >= 15 is 0 Å². The van der Waals surface area contributed by atoms with E-state index in [2.05, 4.69) is 5.32 Å². The van der Waals surface area contributed by atoms with Crippen molar-refractivity contribution < 1.29 is 17.5 Å². The topological polar surface area (TPSA) is 58.6 Å². The van der Waals surface area contributed by atoms with Gasteiger partial charge in [0.25, 0.3) is 0 Å². The zero-order chi connectivity index (χ0) is 14.6. The molecule has 2 rings (SSSR count). The Morgan fingerprint density at radius 1 is 1.40 bits per heavy atom. The molecule has 0 amide bonds. The molecule has 1 N–H and O–H groups in total. The lowest BCUT2D eigenvalue weighted by atomic mass is 10.2. The third-order valence-corrected chi connectivity index (χ3v) is 5.01. The number of ether oxygens (including phenoxy) is 1. The molecule has 1 fully saturated rings. The smallest absolute Gasteiger partial charge is 0.218 e. The lowest BCUT2D eigenvalue weighted by Crippen LogP contribution is -2.48. The summed E-state index contributed by atoms with van der Waals surface area (Å²) in [7, 11) is -1.60. The minimum Gasteiger partial charge on any atom is -0.374 e. The van der Waals surface area contributed by atoms with Crippen LogP contribution in [0.1, 0.15) is 5.56 Å². The van der Waals surface area contributed by atoms with E-state index in [0.717, 1.165) is 0 Å². The average Bonchev–Trinajstić information content (AvgIpc) is 2.42. The zero-order valence-corrected chi connectivity index (χ0v) is 12.2. The molecule has 7 heteroatoms. The highest BCUT2D eigenvalue weighted by Gasteiger charge is 2.29. The Labute approximate surface area is 118 Å². The van der Waals surface area contributed by atoms with Crippen LogP contribution in [0.25, 0.3) is 0 Å². The molecule has 0 saturated carbocycles. The fourth-order valence-electron chi connectivity index (χ4n) is 2.18. The second kappa shape index (κ2) is 6.62. The van der Waals surface area contributed by atoms with Crippen molar-refractivity contribution in [1.29, 1.82) is 0 Å². The minimum atomic E-state index is -3.40. The first-order valence-electron chi connectivity index (χ1n) is 6.50. The largest absolute Gasteiger partial charge is 0.374 e. The van der Waals surface area contributed by atoms with Crippen molar-refractivity contribution >= 4 is 10.0 Å². The van der Waals surface area contributed by atoms with Crippen LogP contribution < -0.4 is 5.32 Å². The third-order valence-electron chi connectivity index (χ3n) is 3.19. The van der Waals surface area contributed by atoms with Gasteiger partial charge < -0.3 is 10.1 Å². The van der Waals surface area contributed by atoms with Crippen LogP contribution in [0.15, 0.2) is 24.3 Å². The van der Waals surface area contributed by atoms with Gasteiger partial charge in [-0.3, -0.25) is 0 Å². The van der Waals surface area contributed by atoms with Gasteiger partial charge >= 0.3 is 0 Å². The van der Waals surface area contributed by atoms with Crippen molar-refractivity contribution in [3.63, 3.8) is 0 Å². The maximum Gasteiger partial charge on any atom is 0.218 e. The van der Waals surface area contributed by atoms with E-state index in [1.165, 1.54) is 28.6 Å². The summed E-state index contributed by atoms with van der Waals surface area (Å²) in [6.45, 7) is 1.73. The number of morpholine rings is 1. The Bertz CT molecular complexity index is 531. The summed E-state index contributed by atoms with van der Waals surface area (Å²) in [6, 6.07) is 5.54. The molecule has 1 atom stereocenters. The van der Waals surface area contributed by atoms with Crippen LogP contribution in [-0.4, -0.2) is 52.1 Å². The van der Waals surface area contributed by atoms with E-state index in [4.69, 9.17) is 4.74 Å². The van der Waals surface area contributed by atoms with Gasteiger partial charge in [0.05, 0.1) is 18.5 Å². The minimum absolute atomic E-state index is 0.112. The van der Waals surface area contributed by atoms with Gasteiger partial charge in [-0.2, -0.15) is 4.31 Å². The molecule has 0 aromatic heterocycles. The van der Waals surface area contributed by atoms with Crippen molar-refractivity contribution in [2.24, 2.45) is 0 Å². The van der Waals surface area contributed by atoms with Gasteiger partial charge in [-0.05, 0) is 24.7 Å². The number of benzene rings is 1. The molecule has 1 aliphatic heterocycles. The van der Waals surface area contributed by atoms with Crippen molar-refractivity contribution in [1.82, 2.24) is 9.62 Å². The summed E-state index contributed by atoms with van der Waals surface area (Å²) >= 11 is 0. The Balaban J connectivity index is 2.04. The Kier molecular flexibility index (Phi) is 5.09. The zero-order valence-electron chi connectivity index (χ0n) is 11.4. The van der Waals surface area contributed by atoms with E-state index in [1.54, 1.807) is 7.05 Å². The van der Waals surface area contributed by atoms with E-state index in [-0.39, 0.29) is 17.7 Å². The van der Waals surface area contributed by atoms with E-state index in [1.807, 2.05) is 0 Å². The number of hydrogen-bond donors (Lipinski definition) is 1. The van der Waals surface area contributed by atoms with Crippen LogP contribution in [0, 0.1) is 5.82 Å².